The molecule has 0 amide bonds. The molecule has 5 nitrogen and oxygen atoms in total. The summed E-state index contributed by atoms with van der Waals surface area (Å²) < 4.78 is 11.3. The lowest BCUT2D eigenvalue weighted by Gasteiger charge is -2.27. The molecule has 3 rings (SSSR count). The van der Waals surface area contributed by atoms with Crippen LogP contribution < -0.4 is 10.5 Å². The molecule has 0 aliphatic carbocycles. The fourth-order valence-corrected chi connectivity index (χ4v) is 2.57. The number of nitrogens with zero attached hydrogens (tertiary/aromatic N) is 2. The van der Waals surface area contributed by atoms with Crippen LogP contribution >= 0.6 is 24.0 Å². The number of ether oxygens (including phenoxy) is 2. The van der Waals surface area contributed by atoms with Gasteiger partial charge in [0.2, 0.25) is 0 Å². The first kappa shape index (κ1) is 19.5. The number of aliphatic imine (C=N–C) groups is 1. The van der Waals surface area contributed by atoms with Gasteiger partial charge in [-0.25, -0.2) is 4.99 Å². The highest BCUT2D eigenvalue weighted by molar-refractivity contribution is 14.0. The van der Waals surface area contributed by atoms with Crippen LogP contribution in [-0.4, -0.2) is 37.2 Å². The molecular formula is C19H24IN3O2. The highest BCUT2D eigenvalue weighted by Gasteiger charge is 2.12. The molecule has 1 aliphatic heterocycles. The normalized spacial score (nSPS) is 14.7. The Morgan fingerprint density at radius 2 is 1.72 bits per heavy atom. The van der Waals surface area contributed by atoms with E-state index in [0.29, 0.717) is 32.3 Å². The molecule has 1 fully saturated rings. The van der Waals surface area contributed by atoms with E-state index in [9.17, 15) is 0 Å². The van der Waals surface area contributed by atoms with E-state index in [2.05, 4.69) is 22.0 Å². The zero-order valence-electron chi connectivity index (χ0n) is 14.1. The van der Waals surface area contributed by atoms with E-state index < -0.39 is 0 Å². The monoisotopic (exact) mass is 453 g/mol. The van der Waals surface area contributed by atoms with Gasteiger partial charge in [0, 0.05) is 18.7 Å². The summed E-state index contributed by atoms with van der Waals surface area (Å²) >= 11 is 0. The Morgan fingerprint density at radius 3 is 2.48 bits per heavy atom. The van der Waals surface area contributed by atoms with Gasteiger partial charge < -0.3 is 20.1 Å². The van der Waals surface area contributed by atoms with E-state index in [1.807, 2.05) is 42.5 Å². The molecule has 1 aliphatic rings. The zero-order valence-corrected chi connectivity index (χ0v) is 16.5. The number of guanidine groups is 1. The van der Waals surface area contributed by atoms with Crippen molar-refractivity contribution in [2.45, 2.75) is 13.2 Å². The quantitative estimate of drug-likeness (QED) is 0.430. The van der Waals surface area contributed by atoms with E-state index in [1.165, 1.54) is 0 Å². The Labute approximate surface area is 165 Å². The van der Waals surface area contributed by atoms with Crippen molar-refractivity contribution in [2.24, 2.45) is 10.7 Å². The van der Waals surface area contributed by atoms with Gasteiger partial charge in [-0.05, 0) is 11.6 Å². The van der Waals surface area contributed by atoms with Gasteiger partial charge in [0.15, 0.2) is 5.96 Å². The third-order valence-corrected chi connectivity index (χ3v) is 3.96. The van der Waals surface area contributed by atoms with Crippen LogP contribution in [0.2, 0.25) is 0 Å². The van der Waals surface area contributed by atoms with Crippen molar-refractivity contribution in [3.8, 4) is 5.75 Å². The minimum atomic E-state index is 0. The summed E-state index contributed by atoms with van der Waals surface area (Å²) in [4.78, 5) is 6.57. The summed E-state index contributed by atoms with van der Waals surface area (Å²) in [7, 11) is 0. The van der Waals surface area contributed by atoms with Crippen LogP contribution in [0.3, 0.4) is 0 Å². The number of hydrogen-bond acceptors (Lipinski definition) is 3. The fraction of sp³-hybridized carbons (Fsp3) is 0.316. The Morgan fingerprint density at radius 1 is 1.04 bits per heavy atom. The van der Waals surface area contributed by atoms with Crippen molar-refractivity contribution in [1.29, 1.82) is 0 Å². The average molecular weight is 453 g/mol. The molecule has 0 atom stereocenters. The maximum atomic E-state index is 6.09. The molecule has 1 heterocycles. The van der Waals surface area contributed by atoms with Crippen LogP contribution in [-0.2, 0) is 17.9 Å². The highest BCUT2D eigenvalue weighted by Crippen LogP contribution is 2.20. The summed E-state index contributed by atoms with van der Waals surface area (Å²) in [6, 6.07) is 18.1. The van der Waals surface area contributed by atoms with Crippen LogP contribution in [0.15, 0.2) is 59.6 Å². The maximum absolute atomic E-state index is 6.09. The summed E-state index contributed by atoms with van der Waals surface area (Å²) in [5.74, 6) is 1.41. The summed E-state index contributed by atoms with van der Waals surface area (Å²) in [5, 5.41) is 0. The predicted octanol–water partition coefficient (Wildman–Crippen LogP) is 3.03. The molecule has 0 saturated carbocycles. The van der Waals surface area contributed by atoms with E-state index >= 15 is 0 Å². The van der Waals surface area contributed by atoms with Crippen molar-refractivity contribution >= 4 is 29.9 Å². The van der Waals surface area contributed by atoms with Crippen LogP contribution in [0, 0.1) is 0 Å². The molecule has 6 heteroatoms. The molecule has 0 radical (unpaired) electrons. The number of benzene rings is 2. The topological polar surface area (TPSA) is 60.1 Å². The van der Waals surface area contributed by atoms with Gasteiger partial charge >= 0.3 is 0 Å². The summed E-state index contributed by atoms with van der Waals surface area (Å²) in [6.45, 7) is 4.04. The molecule has 2 aromatic carbocycles. The lowest BCUT2D eigenvalue weighted by atomic mass is 10.2. The van der Waals surface area contributed by atoms with Crippen molar-refractivity contribution < 1.29 is 9.47 Å². The number of rotatable bonds is 5. The number of nitrogens with two attached hydrogens (primary N) is 1. The number of hydrogen-bond donors (Lipinski definition) is 1. The van der Waals surface area contributed by atoms with Gasteiger partial charge in [-0.15, -0.1) is 24.0 Å². The van der Waals surface area contributed by atoms with Gasteiger partial charge in [0.1, 0.15) is 12.4 Å². The van der Waals surface area contributed by atoms with E-state index in [0.717, 1.165) is 30.0 Å². The Balaban J connectivity index is 0.00000225. The second-order valence-electron chi connectivity index (χ2n) is 5.66. The van der Waals surface area contributed by atoms with Gasteiger partial charge in [-0.2, -0.15) is 0 Å². The van der Waals surface area contributed by atoms with E-state index in [1.54, 1.807) is 0 Å². The fourth-order valence-electron chi connectivity index (χ4n) is 2.57. The molecule has 0 bridgehead atoms. The zero-order chi connectivity index (χ0) is 16.6. The average Bonchev–Trinajstić information content (AvgIpc) is 2.66. The molecule has 1 saturated heterocycles. The van der Waals surface area contributed by atoms with Gasteiger partial charge in [0.25, 0.3) is 0 Å². The third kappa shape index (κ3) is 5.89. The van der Waals surface area contributed by atoms with Gasteiger partial charge in [-0.1, -0.05) is 48.5 Å². The first-order chi connectivity index (χ1) is 11.8. The lowest BCUT2D eigenvalue weighted by molar-refractivity contribution is 0.0674. The second kappa shape index (κ2) is 10.2. The third-order valence-electron chi connectivity index (χ3n) is 3.96. The van der Waals surface area contributed by atoms with Crippen LogP contribution in [0.5, 0.6) is 5.75 Å². The second-order valence-corrected chi connectivity index (χ2v) is 5.66. The number of halogens is 1. The van der Waals surface area contributed by atoms with Crippen LogP contribution in [0.25, 0.3) is 0 Å². The Hall–Kier alpha value is -1.80. The van der Waals surface area contributed by atoms with Crippen molar-refractivity contribution in [2.75, 3.05) is 26.3 Å². The molecule has 2 aromatic rings. The van der Waals surface area contributed by atoms with Gasteiger partial charge in [0.05, 0.1) is 19.8 Å². The van der Waals surface area contributed by atoms with Crippen molar-refractivity contribution in [1.82, 2.24) is 4.90 Å². The first-order valence-corrected chi connectivity index (χ1v) is 8.20. The first-order valence-electron chi connectivity index (χ1n) is 8.20. The van der Waals surface area contributed by atoms with Crippen molar-refractivity contribution in [3.63, 3.8) is 0 Å². The molecule has 2 N–H and O–H groups in total. The van der Waals surface area contributed by atoms with E-state index in [4.69, 9.17) is 15.2 Å². The summed E-state index contributed by atoms with van der Waals surface area (Å²) in [5.41, 5.74) is 8.27. The highest BCUT2D eigenvalue weighted by atomic mass is 127. The maximum Gasteiger partial charge on any atom is 0.191 e. The molecule has 134 valence electrons. The minimum absolute atomic E-state index is 0. The Bertz CT molecular complexity index is 673. The van der Waals surface area contributed by atoms with Crippen LogP contribution in [0.4, 0.5) is 0 Å². The molecule has 0 aromatic heterocycles. The SMILES string of the molecule is I.NC(=NCc1ccccc1OCc1ccccc1)N1CCOCC1. The molecule has 0 unspecified atom stereocenters. The number of para-hydroxylation sites is 1. The Kier molecular flexibility index (Phi) is 8.00. The predicted molar refractivity (Wildman–Crippen MR) is 110 cm³/mol. The lowest BCUT2D eigenvalue weighted by Crippen LogP contribution is -2.44. The minimum Gasteiger partial charge on any atom is -0.489 e. The smallest absolute Gasteiger partial charge is 0.191 e. The van der Waals surface area contributed by atoms with Crippen LogP contribution in [0.1, 0.15) is 11.1 Å². The standard InChI is InChI=1S/C19H23N3O2.HI/c20-19(22-10-12-23-13-11-22)21-14-17-8-4-5-9-18(17)24-15-16-6-2-1-3-7-16;/h1-9H,10-15H2,(H2,20,21);1H. The van der Waals surface area contributed by atoms with Crippen molar-refractivity contribution in [3.05, 3.63) is 65.7 Å². The number of morpholine rings is 1. The molecule has 25 heavy (non-hydrogen) atoms. The van der Waals surface area contributed by atoms with E-state index in [-0.39, 0.29) is 24.0 Å². The van der Waals surface area contributed by atoms with Gasteiger partial charge in [-0.3, -0.25) is 0 Å². The molecule has 0 spiro atoms. The summed E-state index contributed by atoms with van der Waals surface area (Å²) in [6.07, 6.45) is 0. The molecular weight excluding hydrogens is 429 g/mol. The largest absolute Gasteiger partial charge is 0.489 e.